The molecule has 1 aromatic rings. The van der Waals surface area contributed by atoms with Gasteiger partial charge in [0.15, 0.2) is 5.16 Å². The van der Waals surface area contributed by atoms with Gasteiger partial charge >= 0.3 is 0 Å². The van der Waals surface area contributed by atoms with Gasteiger partial charge in [0.1, 0.15) is 0 Å². The zero-order valence-electron chi connectivity index (χ0n) is 11.8. The van der Waals surface area contributed by atoms with Gasteiger partial charge in [-0.3, -0.25) is 4.79 Å². The maximum atomic E-state index is 12.0. The monoisotopic (exact) mass is 291 g/mol. The molecule has 0 aromatic carbocycles. The fourth-order valence-corrected chi connectivity index (χ4v) is 4.41. The second-order valence-corrected chi connectivity index (χ2v) is 6.96. The molecule has 1 N–H and O–H groups in total. The summed E-state index contributed by atoms with van der Waals surface area (Å²) in [6, 6.07) is 2.08. The molecule has 2 saturated carbocycles. The first kappa shape index (κ1) is 13.9. The van der Waals surface area contributed by atoms with E-state index < -0.39 is 0 Å². The van der Waals surface area contributed by atoms with E-state index in [2.05, 4.69) is 22.2 Å². The first-order valence-electron chi connectivity index (χ1n) is 7.41. The lowest BCUT2D eigenvalue weighted by atomic mass is 9.84. The number of thioether (sulfide) groups is 1. The highest BCUT2D eigenvalue weighted by Gasteiger charge is 2.42. The third-order valence-electron chi connectivity index (χ3n) is 4.70. The van der Waals surface area contributed by atoms with Crippen LogP contribution in [-0.4, -0.2) is 27.7 Å². The molecule has 0 radical (unpaired) electrons. The molecule has 1 aromatic heterocycles. The second-order valence-electron chi connectivity index (χ2n) is 6.01. The van der Waals surface area contributed by atoms with Gasteiger partial charge in [-0.05, 0) is 50.0 Å². The summed E-state index contributed by atoms with van der Waals surface area (Å²) in [6.45, 7) is 2.16. The molecular formula is C15H21N3OS. The normalized spacial score (nSPS) is 29.4. The minimum atomic E-state index is 0.0951. The summed E-state index contributed by atoms with van der Waals surface area (Å²) >= 11 is 1.39. The molecule has 2 aliphatic rings. The topological polar surface area (TPSA) is 54.9 Å². The molecule has 0 aliphatic heterocycles. The largest absolute Gasteiger partial charge is 0.353 e. The summed E-state index contributed by atoms with van der Waals surface area (Å²) in [5, 5.41) is 3.82. The molecular weight excluding hydrogens is 270 g/mol. The van der Waals surface area contributed by atoms with Gasteiger partial charge in [0.25, 0.3) is 0 Å². The molecule has 2 aliphatic carbocycles. The minimum Gasteiger partial charge on any atom is -0.353 e. The molecule has 0 spiro atoms. The van der Waals surface area contributed by atoms with Gasteiger partial charge in [-0.25, -0.2) is 9.97 Å². The molecule has 108 valence electrons. The van der Waals surface area contributed by atoms with Crippen molar-refractivity contribution in [3.63, 3.8) is 0 Å². The fraction of sp³-hybridized carbons (Fsp3) is 0.667. The zero-order valence-corrected chi connectivity index (χ0v) is 12.6. The molecule has 5 heteroatoms. The van der Waals surface area contributed by atoms with Crippen LogP contribution in [0.15, 0.2) is 23.6 Å². The van der Waals surface area contributed by atoms with E-state index in [0.717, 1.165) is 11.8 Å². The van der Waals surface area contributed by atoms with Gasteiger partial charge in [0.2, 0.25) is 5.91 Å². The summed E-state index contributed by atoms with van der Waals surface area (Å²) in [6.07, 6.45) is 8.86. The van der Waals surface area contributed by atoms with Crippen LogP contribution in [-0.2, 0) is 4.79 Å². The predicted molar refractivity (Wildman–Crippen MR) is 79.3 cm³/mol. The third kappa shape index (κ3) is 3.14. The van der Waals surface area contributed by atoms with Crippen molar-refractivity contribution in [1.29, 1.82) is 0 Å². The summed E-state index contributed by atoms with van der Waals surface area (Å²) in [5.41, 5.74) is 0. The molecule has 3 rings (SSSR count). The SMILES string of the molecule is CC(NC(=O)CSc1ncccn1)C1CC2CCC1C2. The van der Waals surface area contributed by atoms with E-state index in [4.69, 9.17) is 0 Å². The van der Waals surface area contributed by atoms with Crippen molar-refractivity contribution < 1.29 is 4.79 Å². The van der Waals surface area contributed by atoms with E-state index in [-0.39, 0.29) is 5.91 Å². The first-order valence-corrected chi connectivity index (χ1v) is 8.40. The van der Waals surface area contributed by atoms with E-state index >= 15 is 0 Å². The Hall–Kier alpha value is -1.10. The van der Waals surface area contributed by atoms with Crippen molar-refractivity contribution >= 4 is 17.7 Å². The molecule has 2 fully saturated rings. The fourth-order valence-electron chi connectivity index (χ4n) is 3.80. The van der Waals surface area contributed by atoms with Crippen LogP contribution in [0.25, 0.3) is 0 Å². The Morgan fingerprint density at radius 2 is 2.20 bits per heavy atom. The van der Waals surface area contributed by atoms with Crippen molar-refractivity contribution in [2.45, 2.75) is 43.8 Å². The number of hydrogen-bond acceptors (Lipinski definition) is 4. The quantitative estimate of drug-likeness (QED) is 0.669. The highest BCUT2D eigenvalue weighted by molar-refractivity contribution is 7.99. The Morgan fingerprint density at radius 3 is 2.85 bits per heavy atom. The van der Waals surface area contributed by atoms with Gasteiger partial charge in [-0.15, -0.1) is 0 Å². The Kier molecular flexibility index (Phi) is 4.24. The van der Waals surface area contributed by atoms with E-state index in [9.17, 15) is 4.79 Å². The summed E-state index contributed by atoms with van der Waals surface area (Å²) < 4.78 is 0. The Balaban J connectivity index is 1.44. The standard InChI is InChI=1S/C15H21N3OS/c1-10(13-8-11-3-4-12(13)7-11)18-14(19)9-20-15-16-5-2-6-17-15/h2,5-6,10-13H,3-4,7-9H2,1H3,(H,18,19). The van der Waals surface area contributed by atoms with Crippen molar-refractivity contribution in [3.8, 4) is 0 Å². The van der Waals surface area contributed by atoms with Crippen LogP contribution in [0.2, 0.25) is 0 Å². The lowest BCUT2D eigenvalue weighted by Crippen LogP contribution is -2.40. The van der Waals surface area contributed by atoms with Crippen LogP contribution in [0.3, 0.4) is 0 Å². The van der Waals surface area contributed by atoms with Crippen LogP contribution >= 0.6 is 11.8 Å². The lowest BCUT2D eigenvalue weighted by molar-refractivity contribution is -0.119. The second kappa shape index (κ2) is 6.12. The highest BCUT2D eigenvalue weighted by Crippen LogP contribution is 2.49. The first-order chi connectivity index (χ1) is 9.72. The highest BCUT2D eigenvalue weighted by atomic mass is 32.2. The van der Waals surface area contributed by atoms with Crippen LogP contribution in [0.1, 0.15) is 32.6 Å². The maximum absolute atomic E-state index is 12.0. The Labute approximate surface area is 124 Å². The van der Waals surface area contributed by atoms with E-state index in [1.165, 1.54) is 37.4 Å². The number of aromatic nitrogens is 2. The molecule has 1 heterocycles. The van der Waals surface area contributed by atoms with Gasteiger partial charge in [0, 0.05) is 18.4 Å². The average Bonchev–Trinajstić information content (AvgIpc) is 3.09. The number of carbonyl (C=O) groups is 1. The van der Waals surface area contributed by atoms with Crippen molar-refractivity contribution in [2.75, 3.05) is 5.75 Å². The number of carbonyl (C=O) groups excluding carboxylic acids is 1. The summed E-state index contributed by atoms with van der Waals surface area (Å²) in [4.78, 5) is 20.2. The molecule has 4 nitrogen and oxygen atoms in total. The van der Waals surface area contributed by atoms with Gasteiger partial charge in [-0.2, -0.15) is 0 Å². The number of rotatable bonds is 5. The average molecular weight is 291 g/mol. The molecule has 2 bridgehead atoms. The molecule has 0 saturated heterocycles. The van der Waals surface area contributed by atoms with Crippen molar-refractivity contribution in [1.82, 2.24) is 15.3 Å². The molecule has 20 heavy (non-hydrogen) atoms. The predicted octanol–water partition coefficient (Wildman–Crippen LogP) is 2.51. The van der Waals surface area contributed by atoms with Crippen LogP contribution in [0.5, 0.6) is 0 Å². The smallest absolute Gasteiger partial charge is 0.230 e. The van der Waals surface area contributed by atoms with E-state index in [1.54, 1.807) is 18.5 Å². The Bertz CT molecular complexity index is 467. The minimum absolute atomic E-state index is 0.0951. The van der Waals surface area contributed by atoms with Gasteiger partial charge < -0.3 is 5.32 Å². The van der Waals surface area contributed by atoms with Crippen LogP contribution in [0.4, 0.5) is 0 Å². The number of hydrogen-bond donors (Lipinski definition) is 1. The lowest BCUT2D eigenvalue weighted by Gasteiger charge is -2.28. The number of amides is 1. The maximum Gasteiger partial charge on any atom is 0.230 e. The summed E-state index contributed by atoms with van der Waals surface area (Å²) in [7, 11) is 0. The number of nitrogens with one attached hydrogen (secondary N) is 1. The molecule has 1 amide bonds. The van der Waals surface area contributed by atoms with Crippen molar-refractivity contribution in [2.24, 2.45) is 17.8 Å². The third-order valence-corrected chi connectivity index (χ3v) is 5.57. The van der Waals surface area contributed by atoms with Gasteiger partial charge in [0.05, 0.1) is 5.75 Å². The number of nitrogens with zero attached hydrogens (tertiary/aromatic N) is 2. The number of fused-ring (bicyclic) bond motifs is 2. The summed E-state index contributed by atoms with van der Waals surface area (Å²) in [5.74, 6) is 2.96. The van der Waals surface area contributed by atoms with E-state index in [0.29, 0.717) is 22.9 Å². The zero-order chi connectivity index (χ0) is 13.9. The molecule has 4 atom stereocenters. The van der Waals surface area contributed by atoms with Crippen LogP contribution in [0, 0.1) is 17.8 Å². The molecule has 4 unspecified atom stereocenters. The van der Waals surface area contributed by atoms with Crippen LogP contribution < -0.4 is 5.32 Å². The van der Waals surface area contributed by atoms with E-state index in [1.807, 2.05) is 0 Å². The van der Waals surface area contributed by atoms with Gasteiger partial charge in [-0.1, -0.05) is 18.2 Å². The Morgan fingerprint density at radius 1 is 1.40 bits per heavy atom. The van der Waals surface area contributed by atoms with Crippen molar-refractivity contribution in [3.05, 3.63) is 18.5 Å².